The summed E-state index contributed by atoms with van der Waals surface area (Å²) < 4.78 is 5.32. The van der Waals surface area contributed by atoms with Crippen molar-refractivity contribution in [1.82, 2.24) is 4.90 Å². The second kappa shape index (κ2) is 7.13. The number of ether oxygens (including phenoxy) is 1. The van der Waals surface area contributed by atoms with E-state index in [9.17, 15) is 14.7 Å². The van der Waals surface area contributed by atoms with Crippen molar-refractivity contribution >= 4 is 11.9 Å². The molecule has 2 fully saturated rings. The maximum absolute atomic E-state index is 12.4. The summed E-state index contributed by atoms with van der Waals surface area (Å²) in [5.74, 6) is -0.927. The van der Waals surface area contributed by atoms with Crippen molar-refractivity contribution in [2.75, 3.05) is 26.3 Å². The molecule has 2 saturated heterocycles. The molecule has 1 N–H and O–H groups in total. The van der Waals surface area contributed by atoms with Crippen LogP contribution in [0, 0.1) is 17.8 Å². The average Bonchev–Trinajstić information content (AvgIpc) is 3.18. The molecule has 124 valence electrons. The summed E-state index contributed by atoms with van der Waals surface area (Å²) in [6.45, 7) is 2.25. The monoisotopic (exact) mass is 317 g/mol. The van der Waals surface area contributed by atoms with Crippen LogP contribution in [0.15, 0.2) is 30.3 Å². The summed E-state index contributed by atoms with van der Waals surface area (Å²) in [6.07, 6.45) is 2.11. The molecular weight excluding hydrogens is 294 g/mol. The molecule has 3 atom stereocenters. The molecular formula is C18H23NO4. The highest BCUT2D eigenvalue weighted by Crippen LogP contribution is 2.29. The number of rotatable bonds is 5. The lowest BCUT2D eigenvalue weighted by Gasteiger charge is -2.18. The predicted octanol–water partition coefficient (Wildman–Crippen LogP) is 1.81. The summed E-state index contributed by atoms with van der Waals surface area (Å²) in [7, 11) is 0. The van der Waals surface area contributed by atoms with Gasteiger partial charge in [0.2, 0.25) is 5.91 Å². The van der Waals surface area contributed by atoms with Gasteiger partial charge in [-0.15, -0.1) is 0 Å². The number of amides is 1. The smallest absolute Gasteiger partial charge is 0.308 e. The molecule has 0 saturated carbocycles. The normalized spacial score (nSPS) is 27.3. The van der Waals surface area contributed by atoms with Gasteiger partial charge in [0.05, 0.1) is 5.92 Å². The highest BCUT2D eigenvalue weighted by atomic mass is 16.5. The van der Waals surface area contributed by atoms with Crippen molar-refractivity contribution in [3.05, 3.63) is 35.9 Å². The van der Waals surface area contributed by atoms with Crippen LogP contribution in [0.3, 0.4) is 0 Å². The molecule has 0 aromatic heterocycles. The lowest BCUT2D eigenvalue weighted by molar-refractivity contribution is -0.142. The minimum Gasteiger partial charge on any atom is -0.481 e. The molecule has 0 spiro atoms. The third-order valence-corrected chi connectivity index (χ3v) is 4.94. The summed E-state index contributed by atoms with van der Waals surface area (Å²) in [6, 6.07) is 9.90. The van der Waals surface area contributed by atoms with Gasteiger partial charge in [0.1, 0.15) is 0 Å². The number of aliphatic carboxylic acids is 1. The number of carbonyl (C=O) groups excluding carboxylic acids is 1. The molecule has 0 bridgehead atoms. The zero-order chi connectivity index (χ0) is 16.2. The second-order valence-electron chi connectivity index (χ2n) is 6.63. The Bertz CT molecular complexity index is 553. The van der Waals surface area contributed by atoms with E-state index in [-0.39, 0.29) is 11.8 Å². The van der Waals surface area contributed by atoms with Gasteiger partial charge in [-0.2, -0.15) is 0 Å². The van der Waals surface area contributed by atoms with E-state index in [0.29, 0.717) is 38.5 Å². The third-order valence-electron chi connectivity index (χ3n) is 4.94. The lowest BCUT2D eigenvalue weighted by atomic mass is 9.90. The van der Waals surface area contributed by atoms with Crippen molar-refractivity contribution in [3.63, 3.8) is 0 Å². The molecule has 2 heterocycles. The Labute approximate surface area is 136 Å². The molecule has 2 aliphatic rings. The van der Waals surface area contributed by atoms with Crippen LogP contribution < -0.4 is 0 Å². The van der Waals surface area contributed by atoms with Crippen LogP contribution in [-0.2, 0) is 20.7 Å². The molecule has 2 aliphatic heterocycles. The second-order valence-corrected chi connectivity index (χ2v) is 6.63. The topological polar surface area (TPSA) is 66.8 Å². The minimum absolute atomic E-state index is 0.0151. The number of benzene rings is 1. The molecule has 23 heavy (non-hydrogen) atoms. The first-order chi connectivity index (χ1) is 11.1. The molecule has 1 aromatic rings. The van der Waals surface area contributed by atoms with Gasteiger partial charge in [-0.3, -0.25) is 9.59 Å². The van der Waals surface area contributed by atoms with E-state index in [1.165, 1.54) is 0 Å². The van der Waals surface area contributed by atoms with E-state index >= 15 is 0 Å². The average molecular weight is 317 g/mol. The first kappa shape index (κ1) is 16.0. The lowest BCUT2D eigenvalue weighted by Crippen LogP contribution is -2.31. The largest absolute Gasteiger partial charge is 0.481 e. The van der Waals surface area contributed by atoms with Gasteiger partial charge in [-0.1, -0.05) is 30.3 Å². The minimum atomic E-state index is -0.801. The molecule has 0 aliphatic carbocycles. The number of nitrogens with zero attached hydrogens (tertiary/aromatic N) is 1. The quantitative estimate of drug-likeness (QED) is 0.899. The van der Waals surface area contributed by atoms with E-state index in [2.05, 4.69) is 0 Å². The van der Waals surface area contributed by atoms with Crippen molar-refractivity contribution in [2.24, 2.45) is 17.8 Å². The van der Waals surface area contributed by atoms with Crippen LogP contribution in [0.4, 0.5) is 0 Å². The fourth-order valence-corrected chi connectivity index (χ4v) is 3.60. The number of carbonyl (C=O) groups is 2. The molecule has 0 radical (unpaired) electrons. The Morgan fingerprint density at radius 1 is 1.22 bits per heavy atom. The number of carboxylic acid groups (broad SMARTS) is 1. The zero-order valence-corrected chi connectivity index (χ0v) is 13.2. The van der Waals surface area contributed by atoms with Crippen molar-refractivity contribution in [3.8, 4) is 0 Å². The first-order valence-electron chi connectivity index (χ1n) is 8.25. The van der Waals surface area contributed by atoms with Crippen LogP contribution >= 0.6 is 0 Å². The highest BCUT2D eigenvalue weighted by molar-refractivity contribution is 5.79. The van der Waals surface area contributed by atoms with Gasteiger partial charge < -0.3 is 14.7 Å². The maximum atomic E-state index is 12.4. The van der Waals surface area contributed by atoms with Crippen LogP contribution in [0.5, 0.6) is 0 Å². The molecule has 5 heteroatoms. The van der Waals surface area contributed by atoms with Crippen molar-refractivity contribution < 1.29 is 19.4 Å². The molecule has 1 unspecified atom stereocenters. The van der Waals surface area contributed by atoms with Gasteiger partial charge in [-0.25, -0.2) is 0 Å². The Morgan fingerprint density at radius 3 is 2.65 bits per heavy atom. The Balaban J connectivity index is 1.63. The standard InChI is InChI=1S/C18H23NO4/c20-17(9-14-6-7-23-12-14)19-10-15(16(11-19)18(21)22)8-13-4-2-1-3-5-13/h1-5,14-16H,6-12H2,(H,21,22)/t14?,15-,16-/m1/s1. The zero-order valence-electron chi connectivity index (χ0n) is 13.2. The van der Waals surface area contributed by atoms with E-state index in [0.717, 1.165) is 18.6 Å². The van der Waals surface area contributed by atoms with Crippen LogP contribution in [-0.4, -0.2) is 48.2 Å². The van der Waals surface area contributed by atoms with Crippen molar-refractivity contribution in [1.29, 1.82) is 0 Å². The Kier molecular flexibility index (Phi) is 4.96. The fraction of sp³-hybridized carbons (Fsp3) is 0.556. The van der Waals surface area contributed by atoms with E-state index in [1.807, 2.05) is 30.3 Å². The number of hydrogen-bond donors (Lipinski definition) is 1. The number of likely N-dealkylation sites (tertiary alicyclic amines) is 1. The molecule has 1 amide bonds. The van der Waals surface area contributed by atoms with Gasteiger partial charge in [0.15, 0.2) is 0 Å². The van der Waals surface area contributed by atoms with Gasteiger partial charge in [-0.05, 0) is 30.2 Å². The van der Waals surface area contributed by atoms with Crippen LogP contribution in [0.1, 0.15) is 18.4 Å². The molecule has 5 nitrogen and oxygen atoms in total. The van der Waals surface area contributed by atoms with Gasteiger partial charge in [0.25, 0.3) is 0 Å². The third kappa shape index (κ3) is 3.91. The predicted molar refractivity (Wildman–Crippen MR) is 84.9 cm³/mol. The maximum Gasteiger partial charge on any atom is 0.308 e. The van der Waals surface area contributed by atoms with E-state index in [4.69, 9.17) is 4.74 Å². The Hall–Kier alpha value is -1.88. The number of hydrogen-bond acceptors (Lipinski definition) is 3. The molecule has 1 aromatic carbocycles. The SMILES string of the molecule is O=C(O)[C@@H]1CN(C(=O)CC2CCOC2)C[C@H]1Cc1ccccc1. The van der Waals surface area contributed by atoms with Crippen LogP contribution in [0.2, 0.25) is 0 Å². The number of carboxylic acids is 1. The molecule has 3 rings (SSSR count). The van der Waals surface area contributed by atoms with E-state index in [1.54, 1.807) is 4.90 Å². The summed E-state index contributed by atoms with van der Waals surface area (Å²) in [5.41, 5.74) is 1.13. The van der Waals surface area contributed by atoms with Gasteiger partial charge in [0, 0.05) is 32.7 Å². The Morgan fingerprint density at radius 2 is 2.00 bits per heavy atom. The summed E-state index contributed by atoms with van der Waals surface area (Å²) >= 11 is 0. The van der Waals surface area contributed by atoms with Crippen LogP contribution in [0.25, 0.3) is 0 Å². The fourth-order valence-electron chi connectivity index (χ4n) is 3.60. The first-order valence-corrected chi connectivity index (χ1v) is 8.25. The highest BCUT2D eigenvalue weighted by Gasteiger charge is 2.39. The van der Waals surface area contributed by atoms with E-state index < -0.39 is 11.9 Å². The summed E-state index contributed by atoms with van der Waals surface area (Å²) in [5, 5.41) is 9.49. The van der Waals surface area contributed by atoms with Crippen molar-refractivity contribution in [2.45, 2.75) is 19.3 Å². The van der Waals surface area contributed by atoms with Gasteiger partial charge >= 0.3 is 5.97 Å². The summed E-state index contributed by atoms with van der Waals surface area (Å²) in [4.78, 5) is 25.7.